The molecule has 4 saturated heterocycles. The molecule has 0 radical (unpaired) electrons. The third-order valence-corrected chi connectivity index (χ3v) is 12.2. The summed E-state index contributed by atoms with van der Waals surface area (Å²) in [6, 6.07) is 6.35. The molecular weight excluding hydrogens is 773 g/mol. The minimum Gasteiger partial charge on any atom is -0.486 e. The summed E-state index contributed by atoms with van der Waals surface area (Å²) in [5.74, 6) is -2.82. The van der Waals surface area contributed by atoms with Crippen LogP contribution in [0.2, 0.25) is 0 Å². The number of carbonyl (C=O) groups excluding carboxylic acids is 7. The van der Waals surface area contributed by atoms with Crippen molar-refractivity contribution in [1.29, 1.82) is 0 Å². The summed E-state index contributed by atoms with van der Waals surface area (Å²) >= 11 is 0. The van der Waals surface area contributed by atoms with Crippen molar-refractivity contribution in [3.63, 3.8) is 0 Å². The quantitative estimate of drug-likeness (QED) is 0.346. The van der Waals surface area contributed by atoms with Crippen LogP contribution in [0.4, 0.5) is 0 Å². The number of cyclic esters (lactones) is 1. The van der Waals surface area contributed by atoms with Crippen molar-refractivity contribution in [2.24, 2.45) is 5.92 Å². The first-order valence-corrected chi connectivity index (χ1v) is 21.2. The molecule has 6 amide bonds. The number of benzene rings is 2. The van der Waals surface area contributed by atoms with Gasteiger partial charge in [-0.15, -0.1) is 0 Å². The van der Waals surface area contributed by atoms with Crippen LogP contribution in [0.5, 0.6) is 11.5 Å². The van der Waals surface area contributed by atoms with E-state index in [4.69, 9.17) is 14.2 Å². The molecule has 16 nitrogen and oxygen atoms in total. The van der Waals surface area contributed by atoms with Crippen molar-refractivity contribution in [3.8, 4) is 11.5 Å². The Bertz CT molecular complexity index is 2010. The molecule has 8 atom stereocenters. The van der Waals surface area contributed by atoms with E-state index in [-0.39, 0.29) is 31.8 Å². The van der Waals surface area contributed by atoms with Gasteiger partial charge in [-0.1, -0.05) is 42.8 Å². The Morgan fingerprint density at radius 2 is 1.53 bits per heavy atom. The first-order valence-electron chi connectivity index (χ1n) is 21.2. The molecule has 0 saturated carbocycles. The van der Waals surface area contributed by atoms with E-state index in [1.165, 1.54) is 21.6 Å². The first-order chi connectivity index (χ1) is 28.8. The van der Waals surface area contributed by atoms with Gasteiger partial charge in [0.25, 0.3) is 0 Å². The number of nitrogens with zero attached hydrogens (tertiary/aromatic N) is 3. The first kappa shape index (κ1) is 42.5. The fraction of sp³-hybridized carbons (Fsp3) is 0.568. The normalized spacial score (nSPS) is 27.9. The third kappa shape index (κ3) is 9.37. The number of hydrogen-bond acceptors (Lipinski definition) is 10. The maximum Gasteiger partial charge on any atom is 0.329 e. The van der Waals surface area contributed by atoms with Crippen LogP contribution >= 0.6 is 0 Å². The summed E-state index contributed by atoms with van der Waals surface area (Å²) < 4.78 is 17.3. The van der Waals surface area contributed by atoms with Gasteiger partial charge in [0.15, 0.2) is 11.5 Å². The van der Waals surface area contributed by atoms with Gasteiger partial charge in [0, 0.05) is 26.1 Å². The highest BCUT2D eigenvalue weighted by Crippen LogP contribution is 2.32. The van der Waals surface area contributed by atoms with Gasteiger partial charge >= 0.3 is 5.97 Å². The topological polar surface area (TPSA) is 193 Å². The van der Waals surface area contributed by atoms with Gasteiger partial charge < -0.3 is 44.9 Å². The lowest BCUT2D eigenvalue weighted by atomic mass is 9.99. The second-order valence-corrected chi connectivity index (χ2v) is 16.9. The number of esters is 1. The van der Waals surface area contributed by atoms with Crippen LogP contribution in [-0.4, -0.2) is 131 Å². The molecule has 4 fully saturated rings. The fourth-order valence-electron chi connectivity index (χ4n) is 9.13. The Hall–Kier alpha value is -5.67. The zero-order valence-corrected chi connectivity index (χ0v) is 34.8. The highest BCUT2D eigenvalue weighted by atomic mass is 16.6. The van der Waals surface area contributed by atoms with Gasteiger partial charge in [0.2, 0.25) is 35.4 Å². The van der Waals surface area contributed by atoms with Gasteiger partial charge in [0.1, 0.15) is 55.6 Å². The summed E-state index contributed by atoms with van der Waals surface area (Å²) in [6.07, 6.45) is 1.65. The lowest BCUT2D eigenvalue weighted by Gasteiger charge is -2.39. The summed E-state index contributed by atoms with van der Waals surface area (Å²) in [5, 5.41) is 8.51. The number of hydrogen-bond donors (Lipinski definition) is 3. The molecule has 2 aromatic rings. The monoisotopic (exact) mass is 828 g/mol. The number of carbonyl (C=O) groups is 7. The molecule has 322 valence electrons. The van der Waals surface area contributed by atoms with E-state index < -0.39 is 83.8 Å². The van der Waals surface area contributed by atoms with Crippen LogP contribution in [0, 0.1) is 12.8 Å². The number of nitrogens with one attached hydrogen (secondary N) is 3. The lowest BCUT2D eigenvalue weighted by Crippen LogP contribution is -2.63. The molecule has 0 aliphatic carbocycles. The van der Waals surface area contributed by atoms with E-state index in [9.17, 15) is 33.6 Å². The predicted octanol–water partition coefficient (Wildman–Crippen LogP) is 1.58. The molecule has 7 rings (SSSR count). The third-order valence-electron chi connectivity index (χ3n) is 12.2. The van der Waals surface area contributed by atoms with Crippen molar-refractivity contribution >= 4 is 41.4 Å². The summed E-state index contributed by atoms with van der Waals surface area (Å²) in [6.45, 7) is 8.46. The van der Waals surface area contributed by atoms with Gasteiger partial charge in [0.05, 0.1) is 6.42 Å². The Morgan fingerprint density at radius 3 is 2.32 bits per heavy atom. The second-order valence-electron chi connectivity index (χ2n) is 16.9. The Kier molecular flexibility index (Phi) is 12.9. The average molecular weight is 829 g/mol. The van der Waals surface area contributed by atoms with E-state index in [1.54, 1.807) is 25.1 Å². The highest BCUT2D eigenvalue weighted by molar-refractivity contribution is 5.98. The van der Waals surface area contributed by atoms with Gasteiger partial charge in [-0.25, -0.2) is 4.79 Å². The van der Waals surface area contributed by atoms with E-state index in [1.807, 2.05) is 38.1 Å². The van der Waals surface area contributed by atoms with E-state index in [2.05, 4.69) is 16.0 Å². The van der Waals surface area contributed by atoms with Crippen LogP contribution in [0.25, 0.3) is 0 Å². The Balaban J connectivity index is 1.19. The van der Waals surface area contributed by atoms with Crippen molar-refractivity contribution in [2.75, 3.05) is 32.8 Å². The van der Waals surface area contributed by atoms with Crippen LogP contribution in [0.15, 0.2) is 42.5 Å². The summed E-state index contributed by atoms with van der Waals surface area (Å²) in [5.41, 5.74) is 2.35. The van der Waals surface area contributed by atoms with Crippen LogP contribution in [0.3, 0.4) is 0 Å². The fourth-order valence-corrected chi connectivity index (χ4v) is 9.13. The molecule has 5 aliphatic heterocycles. The molecule has 0 bridgehead atoms. The number of fused-ring (bicyclic) bond motifs is 4. The van der Waals surface area contributed by atoms with Crippen LogP contribution < -0.4 is 25.4 Å². The van der Waals surface area contributed by atoms with Crippen molar-refractivity contribution in [2.45, 2.75) is 121 Å². The second kappa shape index (κ2) is 18.3. The van der Waals surface area contributed by atoms with Gasteiger partial charge in [-0.2, -0.15) is 0 Å². The minimum atomic E-state index is -1.47. The number of rotatable bonds is 7. The zero-order valence-electron chi connectivity index (χ0n) is 34.8. The smallest absolute Gasteiger partial charge is 0.329 e. The maximum absolute atomic E-state index is 14.8. The highest BCUT2D eigenvalue weighted by Gasteiger charge is 2.47. The molecule has 0 spiro atoms. The predicted molar refractivity (Wildman–Crippen MR) is 216 cm³/mol. The van der Waals surface area contributed by atoms with Gasteiger partial charge in [-0.3, -0.25) is 28.8 Å². The number of aryl methyl sites for hydroxylation is 1. The SMILES string of the molecule is Cc1cccc(C[C@H](NC(=O)Cc2ccc3c(c2)OCCO3)C(=O)N[C@@H]2C(=O)N3CCC[C@H]3C(=O)N3CCCC[C@H]3C(=O)N[C@@H](C)C(=O)N3C[C@H](C)C[C@H]3C(=O)O[C@H]2C)c1. The van der Waals surface area contributed by atoms with E-state index in [0.29, 0.717) is 75.3 Å². The number of amides is 6. The number of ether oxygens (including phenoxy) is 3. The lowest BCUT2D eigenvalue weighted by molar-refractivity contribution is -0.163. The average Bonchev–Trinajstić information content (AvgIpc) is 3.88. The molecule has 0 unspecified atom stereocenters. The zero-order chi connectivity index (χ0) is 42.7. The summed E-state index contributed by atoms with van der Waals surface area (Å²) in [7, 11) is 0. The standard InChI is InChI=1S/C44H56N6O10/c1-25-9-7-10-29(19-25)21-31(46-37(51)23-30-13-14-35-36(22-30)59-18-17-58-35)39(52)47-38-28(4)60-44(57)34-20-26(2)24-50(34)41(54)27(3)45-40(53)32-11-5-6-15-48(32)42(55)33-12-8-16-49(33)43(38)56/h7,9-10,13-14,19,22,26-28,31-34,38H,5-6,8,11-12,15-18,20-21,23-24H2,1-4H3,(H,45,53)(H,46,51)(H,47,52)/t26-,27+,28+,31+,32+,33+,34+,38+/m1/s1. The molecule has 5 aliphatic rings. The molecule has 0 aromatic heterocycles. The van der Waals surface area contributed by atoms with Crippen LogP contribution in [-0.2, 0) is 51.1 Å². The molecule has 5 heterocycles. The van der Waals surface area contributed by atoms with Crippen molar-refractivity contribution < 1.29 is 47.8 Å². The molecule has 16 heteroatoms. The number of piperidine rings is 1. The molecule has 2 aromatic carbocycles. The Morgan fingerprint density at radius 1 is 0.800 bits per heavy atom. The van der Waals surface area contributed by atoms with Crippen molar-refractivity contribution in [3.05, 3.63) is 59.2 Å². The van der Waals surface area contributed by atoms with Crippen LogP contribution in [0.1, 0.15) is 76.0 Å². The molecule has 3 N–H and O–H groups in total. The molecular formula is C44H56N6O10. The summed E-state index contributed by atoms with van der Waals surface area (Å²) in [4.78, 5) is 103. The molecule has 60 heavy (non-hydrogen) atoms. The maximum atomic E-state index is 14.8. The van der Waals surface area contributed by atoms with Gasteiger partial charge in [-0.05, 0) is 88.5 Å². The minimum absolute atomic E-state index is 0.0612. The van der Waals surface area contributed by atoms with Crippen molar-refractivity contribution in [1.82, 2.24) is 30.7 Å². The van der Waals surface area contributed by atoms with E-state index in [0.717, 1.165) is 11.1 Å². The largest absolute Gasteiger partial charge is 0.486 e. The Labute approximate surface area is 350 Å². The van der Waals surface area contributed by atoms with E-state index >= 15 is 0 Å².